The van der Waals surface area contributed by atoms with Crippen LogP contribution in [0.1, 0.15) is 19.3 Å². The molecule has 0 aromatic carbocycles. The maximum Gasteiger partial charge on any atom is 0.223 e. The number of nitrogens with zero attached hydrogens (tertiary/aromatic N) is 1. The second-order valence-corrected chi connectivity index (χ2v) is 6.69. The fraction of sp³-hybridized carbons (Fsp3) is 0.900. The average Bonchev–Trinajstić information content (AvgIpc) is 2.66. The number of carbonyl (C=O) groups excluding carboxylic acids is 1. The lowest BCUT2D eigenvalue weighted by molar-refractivity contribution is -0.128. The molecule has 2 aliphatic heterocycles. The normalized spacial score (nSPS) is 32.7. The number of nitrogens with one attached hydrogen (secondary N) is 1. The van der Waals surface area contributed by atoms with Crippen LogP contribution in [-0.2, 0) is 14.8 Å². The average molecular weight is 246 g/mol. The van der Waals surface area contributed by atoms with Gasteiger partial charge in [-0.25, -0.2) is 12.7 Å². The molecular formula is C10H18N2O3S. The Balaban J connectivity index is 2.00. The van der Waals surface area contributed by atoms with Crippen molar-refractivity contribution in [2.45, 2.75) is 19.3 Å². The standard InChI is InChI=1S/C10H18N2O3S/c1-16(14,15)12-6-4-8(7-12)9-3-2-5-11-10(9)13/h8-9H,2-7H2,1H3,(H,11,13). The molecule has 2 saturated heterocycles. The van der Waals surface area contributed by atoms with Gasteiger partial charge >= 0.3 is 0 Å². The van der Waals surface area contributed by atoms with Crippen LogP contribution in [0, 0.1) is 11.8 Å². The number of rotatable bonds is 2. The first-order chi connectivity index (χ1) is 7.48. The molecule has 1 N–H and O–H groups in total. The minimum atomic E-state index is -3.09. The van der Waals surface area contributed by atoms with Crippen LogP contribution >= 0.6 is 0 Å². The van der Waals surface area contributed by atoms with Crippen molar-refractivity contribution in [1.82, 2.24) is 9.62 Å². The van der Waals surface area contributed by atoms with Crippen LogP contribution in [-0.4, -0.2) is 44.5 Å². The quantitative estimate of drug-likeness (QED) is 0.733. The van der Waals surface area contributed by atoms with Crippen LogP contribution in [0.2, 0.25) is 0 Å². The smallest absolute Gasteiger partial charge is 0.223 e. The van der Waals surface area contributed by atoms with E-state index in [1.54, 1.807) is 0 Å². The maximum atomic E-state index is 11.7. The van der Waals surface area contributed by atoms with Crippen LogP contribution in [0.15, 0.2) is 0 Å². The first-order valence-electron chi connectivity index (χ1n) is 5.71. The Labute approximate surface area is 96.2 Å². The molecule has 1 amide bonds. The third kappa shape index (κ3) is 2.38. The highest BCUT2D eigenvalue weighted by Crippen LogP contribution is 2.30. The van der Waals surface area contributed by atoms with Crippen molar-refractivity contribution in [1.29, 1.82) is 0 Å². The lowest BCUT2D eigenvalue weighted by Crippen LogP contribution is -2.41. The van der Waals surface area contributed by atoms with Crippen LogP contribution in [0.25, 0.3) is 0 Å². The summed E-state index contributed by atoms with van der Waals surface area (Å²) in [5.74, 6) is 0.321. The van der Waals surface area contributed by atoms with Gasteiger partial charge in [0.15, 0.2) is 0 Å². The van der Waals surface area contributed by atoms with E-state index in [1.807, 2.05) is 0 Å². The lowest BCUT2D eigenvalue weighted by atomic mass is 9.85. The second-order valence-electron chi connectivity index (χ2n) is 4.71. The third-order valence-corrected chi connectivity index (χ3v) is 4.82. The highest BCUT2D eigenvalue weighted by atomic mass is 32.2. The summed E-state index contributed by atoms with van der Waals surface area (Å²) in [7, 11) is -3.09. The van der Waals surface area contributed by atoms with E-state index in [2.05, 4.69) is 5.32 Å². The van der Waals surface area contributed by atoms with E-state index >= 15 is 0 Å². The minimum absolute atomic E-state index is 0.0144. The number of piperidine rings is 1. The Morgan fingerprint density at radius 3 is 2.69 bits per heavy atom. The van der Waals surface area contributed by atoms with Gasteiger partial charge in [-0.1, -0.05) is 0 Å². The molecule has 0 aromatic rings. The zero-order chi connectivity index (χ0) is 11.8. The van der Waals surface area contributed by atoms with Crippen LogP contribution in [0.4, 0.5) is 0 Å². The number of sulfonamides is 1. The molecule has 2 unspecified atom stereocenters. The molecule has 6 heteroatoms. The molecule has 2 fully saturated rings. The summed E-state index contributed by atoms with van der Waals surface area (Å²) in [5.41, 5.74) is 0. The zero-order valence-electron chi connectivity index (χ0n) is 9.48. The van der Waals surface area contributed by atoms with Crippen LogP contribution < -0.4 is 5.32 Å². The molecule has 2 atom stereocenters. The van der Waals surface area contributed by atoms with Crippen molar-refractivity contribution >= 4 is 15.9 Å². The highest BCUT2D eigenvalue weighted by Gasteiger charge is 2.37. The predicted octanol–water partition coefficient (Wildman–Crippen LogP) is -0.206. The first kappa shape index (κ1) is 11.9. The van der Waals surface area contributed by atoms with E-state index in [4.69, 9.17) is 0 Å². The fourth-order valence-electron chi connectivity index (χ4n) is 2.63. The van der Waals surface area contributed by atoms with Gasteiger partial charge in [-0.2, -0.15) is 0 Å². The van der Waals surface area contributed by atoms with E-state index in [-0.39, 0.29) is 17.7 Å². The Morgan fingerprint density at radius 1 is 1.38 bits per heavy atom. The third-order valence-electron chi connectivity index (χ3n) is 3.55. The van der Waals surface area contributed by atoms with Gasteiger partial charge in [-0.15, -0.1) is 0 Å². The Kier molecular flexibility index (Phi) is 3.21. The molecule has 0 saturated carbocycles. The minimum Gasteiger partial charge on any atom is -0.356 e. The summed E-state index contributed by atoms with van der Waals surface area (Å²) in [6, 6.07) is 0. The number of amides is 1. The summed E-state index contributed by atoms with van der Waals surface area (Å²) in [6.07, 6.45) is 3.95. The van der Waals surface area contributed by atoms with Gasteiger partial charge in [0.25, 0.3) is 0 Å². The molecule has 2 heterocycles. The van der Waals surface area contributed by atoms with Crippen molar-refractivity contribution in [2.75, 3.05) is 25.9 Å². The van der Waals surface area contributed by atoms with E-state index < -0.39 is 10.0 Å². The summed E-state index contributed by atoms with van der Waals surface area (Å²) in [5, 5.41) is 2.86. The maximum absolute atomic E-state index is 11.7. The fourth-order valence-corrected chi connectivity index (χ4v) is 3.53. The van der Waals surface area contributed by atoms with Crippen molar-refractivity contribution in [2.24, 2.45) is 11.8 Å². The highest BCUT2D eigenvalue weighted by molar-refractivity contribution is 7.88. The monoisotopic (exact) mass is 246 g/mol. The van der Waals surface area contributed by atoms with Gasteiger partial charge in [0.1, 0.15) is 0 Å². The summed E-state index contributed by atoms with van der Waals surface area (Å²) in [6.45, 7) is 1.84. The molecule has 0 bridgehead atoms. The zero-order valence-corrected chi connectivity index (χ0v) is 10.3. The van der Waals surface area contributed by atoms with E-state index in [0.29, 0.717) is 13.1 Å². The largest absolute Gasteiger partial charge is 0.356 e. The van der Waals surface area contributed by atoms with Crippen LogP contribution in [0.5, 0.6) is 0 Å². The lowest BCUT2D eigenvalue weighted by Gasteiger charge is -2.26. The van der Waals surface area contributed by atoms with Gasteiger partial charge in [0.05, 0.1) is 6.26 Å². The summed E-state index contributed by atoms with van der Waals surface area (Å²) in [4.78, 5) is 11.7. The van der Waals surface area contributed by atoms with Crippen LogP contribution in [0.3, 0.4) is 0 Å². The van der Waals surface area contributed by atoms with E-state index in [0.717, 1.165) is 25.8 Å². The predicted molar refractivity (Wildman–Crippen MR) is 60.3 cm³/mol. The van der Waals surface area contributed by atoms with E-state index in [1.165, 1.54) is 10.6 Å². The van der Waals surface area contributed by atoms with Crippen molar-refractivity contribution in [3.8, 4) is 0 Å². The summed E-state index contributed by atoms with van der Waals surface area (Å²) < 4.78 is 24.2. The Hall–Kier alpha value is -0.620. The first-order valence-corrected chi connectivity index (χ1v) is 7.56. The second kappa shape index (κ2) is 4.33. The molecule has 2 aliphatic rings. The van der Waals surface area contributed by atoms with Gasteiger partial charge < -0.3 is 5.32 Å². The molecule has 92 valence electrons. The molecule has 5 nitrogen and oxygen atoms in total. The number of carbonyl (C=O) groups is 1. The van der Waals surface area contributed by atoms with Crippen molar-refractivity contribution < 1.29 is 13.2 Å². The summed E-state index contributed by atoms with van der Waals surface area (Å²) >= 11 is 0. The molecule has 0 aliphatic carbocycles. The van der Waals surface area contributed by atoms with Crippen molar-refractivity contribution in [3.05, 3.63) is 0 Å². The number of hydrogen-bond acceptors (Lipinski definition) is 3. The Bertz CT molecular complexity index is 380. The van der Waals surface area contributed by atoms with E-state index in [9.17, 15) is 13.2 Å². The Morgan fingerprint density at radius 2 is 2.12 bits per heavy atom. The molecule has 2 rings (SSSR count). The molecule has 0 spiro atoms. The molecule has 0 radical (unpaired) electrons. The van der Waals surface area contributed by atoms with Gasteiger partial charge in [-0.05, 0) is 25.2 Å². The van der Waals surface area contributed by atoms with Gasteiger partial charge in [0, 0.05) is 25.6 Å². The van der Waals surface area contributed by atoms with Gasteiger partial charge in [-0.3, -0.25) is 4.79 Å². The topological polar surface area (TPSA) is 66.5 Å². The molecule has 0 aromatic heterocycles. The van der Waals surface area contributed by atoms with Crippen molar-refractivity contribution in [3.63, 3.8) is 0 Å². The molecular weight excluding hydrogens is 228 g/mol. The van der Waals surface area contributed by atoms with Gasteiger partial charge in [0.2, 0.25) is 15.9 Å². The molecule has 16 heavy (non-hydrogen) atoms. The number of hydrogen-bond donors (Lipinski definition) is 1. The SMILES string of the molecule is CS(=O)(=O)N1CCC(C2CCCNC2=O)C1.